The number of nitrogens with one attached hydrogen (secondary N) is 1. The molecule has 0 unspecified atom stereocenters. The summed E-state index contributed by atoms with van der Waals surface area (Å²) in [6.07, 6.45) is 0. The summed E-state index contributed by atoms with van der Waals surface area (Å²) in [5.41, 5.74) is 1.78. The van der Waals surface area contributed by atoms with E-state index < -0.39 is 0 Å². The van der Waals surface area contributed by atoms with Gasteiger partial charge in [0.05, 0.1) is 27.4 Å². The van der Waals surface area contributed by atoms with Crippen LogP contribution < -0.4 is 10.1 Å². The molecule has 0 aliphatic heterocycles. The fourth-order valence-electron chi connectivity index (χ4n) is 2.63. The zero-order chi connectivity index (χ0) is 21.7. The normalized spacial score (nSPS) is 10.7. The van der Waals surface area contributed by atoms with Crippen LogP contribution in [-0.2, 0) is 5.75 Å². The molecule has 3 aromatic carbocycles. The van der Waals surface area contributed by atoms with Gasteiger partial charge in [-0.15, -0.1) is 11.8 Å². The highest BCUT2D eigenvalue weighted by Gasteiger charge is 2.14. The van der Waals surface area contributed by atoms with Crippen molar-refractivity contribution in [1.29, 1.82) is 0 Å². The Labute approximate surface area is 199 Å². The third kappa shape index (κ3) is 5.99. The fraction of sp³-hybridized carbons (Fsp3) is 0.136. The highest BCUT2D eigenvalue weighted by atomic mass is 35.5. The molecule has 0 fully saturated rings. The van der Waals surface area contributed by atoms with Gasteiger partial charge in [-0.05, 0) is 61.5 Å². The highest BCUT2D eigenvalue weighted by Crippen LogP contribution is 2.33. The second kappa shape index (κ2) is 10.7. The molecule has 1 N–H and O–H groups in total. The summed E-state index contributed by atoms with van der Waals surface area (Å²) in [6.45, 7) is 2.45. The second-order valence-corrected chi connectivity index (χ2v) is 8.91. The molecule has 3 rings (SSSR count). The molecule has 0 atom stereocenters. The van der Waals surface area contributed by atoms with Gasteiger partial charge in [0, 0.05) is 26.8 Å². The van der Waals surface area contributed by atoms with Gasteiger partial charge in [-0.3, -0.25) is 4.79 Å². The Bertz CT molecular complexity index is 1060. The molecule has 156 valence electrons. The maximum atomic E-state index is 12.8. The van der Waals surface area contributed by atoms with E-state index in [2.05, 4.69) is 5.32 Å². The lowest BCUT2D eigenvalue weighted by atomic mass is 10.1. The topological polar surface area (TPSA) is 38.3 Å². The van der Waals surface area contributed by atoms with Crippen LogP contribution in [0.5, 0.6) is 5.75 Å². The first-order chi connectivity index (χ1) is 14.4. The molecule has 1 amide bonds. The van der Waals surface area contributed by atoms with Crippen LogP contribution in [0.1, 0.15) is 22.8 Å². The Kier molecular flexibility index (Phi) is 8.20. The number of benzene rings is 3. The number of anilines is 1. The first kappa shape index (κ1) is 23.1. The SMILES string of the molecule is CCOc1ccc(C(=O)Nc2cc(Cl)c(Cl)cc2Cl)cc1CSc1ccc(Cl)cc1. The minimum absolute atomic E-state index is 0.308. The Hall–Kier alpha value is -1.56. The highest BCUT2D eigenvalue weighted by molar-refractivity contribution is 7.98. The van der Waals surface area contributed by atoms with Gasteiger partial charge in [-0.2, -0.15) is 0 Å². The molecule has 30 heavy (non-hydrogen) atoms. The molecule has 3 nitrogen and oxygen atoms in total. The zero-order valence-electron chi connectivity index (χ0n) is 15.8. The summed E-state index contributed by atoms with van der Waals surface area (Å²) in [5.74, 6) is 1.06. The van der Waals surface area contributed by atoms with Gasteiger partial charge in [0.15, 0.2) is 0 Å². The van der Waals surface area contributed by atoms with Crippen LogP contribution >= 0.6 is 58.2 Å². The standard InChI is InChI=1S/C22H17Cl4NO2S/c1-2-29-21-8-3-13(9-14(21)12-30-16-6-4-15(23)5-7-16)22(28)27-20-11-18(25)17(24)10-19(20)26/h3-11H,2,12H2,1H3,(H,27,28). The minimum atomic E-state index is -0.309. The van der Waals surface area contributed by atoms with Gasteiger partial charge in [0.25, 0.3) is 5.91 Å². The van der Waals surface area contributed by atoms with Crippen LogP contribution in [0.2, 0.25) is 20.1 Å². The summed E-state index contributed by atoms with van der Waals surface area (Å²) in [7, 11) is 0. The number of ether oxygens (including phenoxy) is 1. The van der Waals surface area contributed by atoms with Crippen molar-refractivity contribution in [1.82, 2.24) is 0 Å². The van der Waals surface area contributed by atoms with E-state index in [9.17, 15) is 4.79 Å². The first-order valence-electron chi connectivity index (χ1n) is 8.97. The number of hydrogen-bond donors (Lipinski definition) is 1. The average Bonchev–Trinajstić information content (AvgIpc) is 2.72. The summed E-state index contributed by atoms with van der Waals surface area (Å²) in [5, 5.41) is 4.40. The molecule has 3 aromatic rings. The number of amides is 1. The Morgan fingerprint density at radius 1 is 0.933 bits per heavy atom. The third-order valence-corrected chi connectivity index (χ3v) is 6.44. The molecule has 0 aliphatic carbocycles. The first-order valence-corrected chi connectivity index (χ1v) is 11.5. The van der Waals surface area contributed by atoms with E-state index in [1.807, 2.05) is 37.3 Å². The minimum Gasteiger partial charge on any atom is -0.494 e. The molecule has 0 aromatic heterocycles. The fourth-order valence-corrected chi connectivity index (χ4v) is 4.23. The monoisotopic (exact) mass is 499 g/mol. The summed E-state index contributed by atoms with van der Waals surface area (Å²) < 4.78 is 5.73. The van der Waals surface area contributed by atoms with Crippen molar-refractivity contribution in [2.75, 3.05) is 11.9 Å². The van der Waals surface area contributed by atoms with Crippen LogP contribution in [0, 0.1) is 0 Å². The van der Waals surface area contributed by atoms with Crippen molar-refractivity contribution in [3.05, 3.63) is 85.8 Å². The van der Waals surface area contributed by atoms with Crippen LogP contribution in [0.15, 0.2) is 59.5 Å². The molecule has 0 radical (unpaired) electrons. The average molecular weight is 501 g/mol. The number of hydrogen-bond acceptors (Lipinski definition) is 3. The Balaban J connectivity index is 1.81. The van der Waals surface area contributed by atoms with Crippen LogP contribution in [0.4, 0.5) is 5.69 Å². The molecular weight excluding hydrogens is 484 g/mol. The Morgan fingerprint density at radius 3 is 2.33 bits per heavy atom. The predicted octanol–water partition coefficient (Wildman–Crippen LogP) is 8.24. The molecule has 0 saturated carbocycles. The summed E-state index contributed by atoms with van der Waals surface area (Å²) in [6, 6.07) is 15.9. The molecular formula is C22H17Cl4NO2S. The van der Waals surface area contributed by atoms with Crippen molar-refractivity contribution in [2.24, 2.45) is 0 Å². The van der Waals surface area contributed by atoms with Gasteiger partial charge in [-0.1, -0.05) is 46.4 Å². The molecule has 8 heteroatoms. The molecule has 0 heterocycles. The van der Waals surface area contributed by atoms with Crippen molar-refractivity contribution in [2.45, 2.75) is 17.6 Å². The summed E-state index contributed by atoms with van der Waals surface area (Å²) >= 11 is 25.7. The molecule has 0 saturated heterocycles. The predicted molar refractivity (Wildman–Crippen MR) is 128 cm³/mol. The second-order valence-electron chi connectivity index (χ2n) is 6.20. The van der Waals surface area contributed by atoms with Crippen LogP contribution in [-0.4, -0.2) is 12.5 Å². The van der Waals surface area contributed by atoms with E-state index in [0.29, 0.717) is 43.7 Å². The summed E-state index contributed by atoms with van der Waals surface area (Å²) in [4.78, 5) is 13.9. The van der Waals surface area contributed by atoms with Gasteiger partial charge < -0.3 is 10.1 Å². The van der Waals surface area contributed by atoms with E-state index in [0.717, 1.165) is 16.2 Å². The molecule has 0 spiro atoms. The van der Waals surface area contributed by atoms with Crippen LogP contribution in [0.3, 0.4) is 0 Å². The van der Waals surface area contributed by atoms with Crippen molar-refractivity contribution in [3.63, 3.8) is 0 Å². The molecule has 0 bridgehead atoms. The quantitative estimate of drug-likeness (QED) is 0.262. The zero-order valence-corrected chi connectivity index (χ0v) is 19.7. The van der Waals surface area contributed by atoms with Crippen molar-refractivity contribution < 1.29 is 9.53 Å². The van der Waals surface area contributed by atoms with Gasteiger partial charge in [0.2, 0.25) is 0 Å². The van der Waals surface area contributed by atoms with Gasteiger partial charge in [-0.25, -0.2) is 0 Å². The number of thioether (sulfide) groups is 1. The van der Waals surface area contributed by atoms with Crippen molar-refractivity contribution >= 4 is 69.8 Å². The van der Waals surface area contributed by atoms with E-state index in [1.54, 1.807) is 23.9 Å². The number of halogens is 4. The van der Waals surface area contributed by atoms with E-state index >= 15 is 0 Å². The smallest absolute Gasteiger partial charge is 0.255 e. The maximum Gasteiger partial charge on any atom is 0.255 e. The van der Waals surface area contributed by atoms with Crippen molar-refractivity contribution in [3.8, 4) is 5.75 Å². The van der Waals surface area contributed by atoms with Gasteiger partial charge in [0.1, 0.15) is 5.75 Å². The third-order valence-electron chi connectivity index (χ3n) is 4.09. The maximum absolute atomic E-state index is 12.8. The number of rotatable bonds is 7. The lowest BCUT2D eigenvalue weighted by molar-refractivity contribution is 0.102. The largest absolute Gasteiger partial charge is 0.494 e. The van der Waals surface area contributed by atoms with Crippen LogP contribution in [0.25, 0.3) is 0 Å². The Morgan fingerprint density at radius 2 is 1.63 bits per heavy atom. The lowest BCUT2D eigenvalue weighted by Gasteiger charge is -2.13. The lowest BCUT2D eigenvalue weighted by Crippen LogP contribution is -2.13. The molecule has 0 aliphatic rings. The van der Waals surface area contributed by atoms with E-state index in [4.69, 9.17) is 51.1 Å². The number of carbonyl (C=O) groups excluding carboxylic acids is 1. The number of carbonyl (C=O) groups is 1. The van der Waals surface area contributed by atoms with E-state index in [1.165, 1.54) is 12.1 Å². The van der Waals surface area contributed by atoms with E-state index in [-0.39, 0.29) is 5.91 Å². The van der Waals surface area contributed by atoms with Gasteiger partial charge >= 0.3 is 0 Å².